The van der Waals surface area contributed by atoms with Crippen molar-refractivity contribution in [3.63, 3.8) is 0 Å². The largest absolute Gasteiger partial charge is 0.493 e. The van der Waals surface area contributed by atoms with Crippen LogP contribution in [0.4, 0.5) is 5.69 Å². The Labute approximate surface area is 121 Å². The zero-order chi connectivity index (χ0) is 13.9. The van der Waals surface area contributed by atoms with Crippen molar-refractivity contribution in [3.8, 4) is 6.07 Å². The van der Waals surface area contributed by atoms with Crippen LogP contribution in [0.25, 0.3) is 10.9 Å². The second-order valence-electron chi connectivity index (χ2n) is 4.49. The second-order valence-corrected chi connectivity index (χ2v) is 4.71. The molecule has 0 bridgehead atoms. The van der Waals surface area contributed by atoms with Crippen LogP contribution >= 0.6 is 11.6 Å². The topological polar surface area (TPSA) is 49.2 Å². The lowest BCUT2D eigenvalue weighted by Gasteiger charge is -2.31. The molecule has 1 aromatic heterocycles. The highest BCUT2D eigenvalue weighted by Crippen LogP contribution is 2.29. The monoisotopic (exact) mass is 285 g/mol. The number of hydrogen-bond donors (Lipinski definition) is 0. The van der Waals surface area contributed by atoms with Gasteiger partial charge >= 0.3 is 0 Å². The number of hydrogen-bond acceptors (Lipinski definition) is 4. The van der Waals surface area contributed by atoms with E-state index >= 15 is 0 Å². The molecule has 100 valence electrons. The van der Waals surface area contributed by atoms with Crippen LogP contribution in [0, 0.1) is 11.3 Å². The minimum atomic E-state index is 0.589. The van der Waals surface area contributed by atoms with Crippen LogP contribution in [0.1, 0.15) is 5.56 Å². The molecule has 5 heteroatoms. The van der Waals surface area contributed by atoms with Gasteiger partial charge in [-0.05, 0) is 24.3 Å². The molecule has 20 heavy (non-hydrogen) atoms. The number of morpholine rings is 1. The summed E-state index contributed by atoms with van der Waals surface area (Å²) in [7, 11) is 0. The number of halogens is 1. The number of anilines is 1. The Morgan fingerprint density at radius 3 is 3.10 bits per heavy atom. The van der Waals surface area contributed by atoms with Gasteiger partial charge in [0.2, 0.25) is 0 Å². The number of ether oxygens (including phenoxy) is 1. The molecule has 0 amide bonds. The molecule has 2 heterocycles. The summed E-state index contributed by atoms with van der Waals surface area (Å²) >= 11 is 5.73. The highest BCUT2D eigenvalue weighted by Gasteiger charge is 2.18. The van der Waals surface area contributed by atoms with E-state index in [-0.39, 0.29) is 0 Å². The molecule has 1 aliphatic rings. The van der Waals surface area contributed by atoms with Gasteiger partial charge in [-0.1, -0.05) is 11.6 Å². The number of pyridine rings is 1. The van der Waals surface area contributed by atoms with E-state index in [1.54, 1.807) is 6.20 Å². The van der Waals surface area contributed by atoms with Crippen molar-refractivity contribution in [1.82, 2.24) is 4.98 Å². The predicted octanol–water partition coefficient (Wildman–Crippen LogP) is 3.02. The quantitative estimate of drug-likeness (QED) is 0.808. The van der Waals surface area contributed by atoms with Gasteiger partial charge in [0.25, 0.3) is 0 Å². The Balaban J connectivity index is 2.11. The first-order valence-corrected chi connectivity index (χ1v) is 6.72. The molecule has 1 fully saturated rings. The summed E-state index contributed by atoms with van der Waals surface area (Å²) in [5.74, 6) is 0.749. The summed E-state index contributed by atoms with van der Waals surface area (Å²) in [5.41, 5.74) is 3.84. The molecule has 2 aromatic rings. The van der Waals surface area contributed by atoms with E-state index in [1.807, 2.05) is 24.3 Å². The molecule has 0 N–H and O–H groups in total. The maximum absolute atomic E-state index is 9.17. The van der Waals surface area contributed by atoms with E-state index in [4.69, 9.17) is 21.6 Å². The van der Waals surface area contributed by atoms with Gasteiger partial charge in [0, 0.05) is 22.8 Å². The van der Waals surface area contributed by atoms with Crippen LogP contribution in [0.5, 0.6) is 0 Å². The third-order valence-corrected chi connectivity index (χ3v) is 3.57. The van der Waals surface area contributed by atoms with Gasteiger partial charge in [0.1, 0.15) is 18.4 Å². The maximum Gasteiger partial charge on any atom is 0.127 e. The van der Waals surface area contributed by atoms with Crippen molar-refractivity contribution in [3.05, 3.63) is 47.3 Å². The van der Waals surface area contributed by atoms with E-state index in [0.29, 0.717) is 18.7 Å². The van der Waals surface area contributed by atoms with Crippen LogP contribution in [-0.2, 0) is 4.74 Å². The fourth-order valence-electron chi connectivity index (χ4n) is 2.39. The number of fused-ring (bicyclic) bond motifs is 1. The normalized spacial score (nSPS) is 17.0. The molecular formula is C15H12ClN3O. The minimum absolute atomic E-state index is 0.589. The third kappa shape index (κ3) is 2.17. The Kier molecular flexibility index (Phi) is 3.44. The molecule has 0 unspecified atom stereocenters. The van der Waals surface area contributed by atoms with Crippen LogP contribution in [-0.4, -0.2) is 24.7 Å². The van der Waals surface area contributed by atoms with Gasteiger partial charge in [-0.15, -0.1) is 0 Å². The smallest absolute Gasteiger partial charge is 0.127 e. The molecular weight excluding hydrogens is 274 g/mol. The van der Waals surface area contributed by atoms with Gasteiger partial charge in [-0.25, -0.2) is 0 Å². The van der Waals surface area contributed by atoms with Crippen molar-refractivity contribution < 1.29 is 4.74 Å². The summed E-state index contributed by atoms with van der Waals surface area (Å²) in [6.07, 6.45) is 1.70. The Bertz CT molecular complexity index is 721. The van der Waals surface area contributed by atoms with Gasteiger partial charge in [0.15, 0.2) is 0 Å². The molecule has 0 atom stereocenters. The van der Waals surface area contributed by atoms with Crippen molar-refractivity contribution >= 4 is 28.2 Å². The van der Waals surface area contributed by atoms with E-state index < -0.39 is 0 Å². The molecule has 1 aliphatic heterocycles. The van der Waals surface area contributed by atoms with E-state index in [9.17, 15) is 0 Å². The molecule has 0 radical (unpaired) electrons. The van der Waals surface area contributed by atoms with Gasteiger partial charge in [-0.2, -0.15) is 5.26 Å². The first kappa shape index (κ1) is 12.8. The lowest BCUT2D eigenvalue weighted by molar-refractivity contribution is 0.193. The van der Waals surface area contributed by atoms with Crippen LogP contribution in [0.15, 0.2) is 41.8 Å². The zero-order valence-corrected chi connectivity index (χ0v) is 11.5. The summed E-state index contributed by atoms with van der Waals surface area (Å²) in [6.45, 7) is 2.00. The molecule has 3 rings (SSSR count). The standard InChI is InChI=1S/C15H12ClN3O/c16-8-12-10-19(6-7-20-12)14-4-3-11(9-17)15-13(14)2-1-5-18-15/h1-5,8H,6-7,10H2/b12-8-. The lowest BCUT2D eigenvalue weighted by atomic mass is 10.1. The van der Waals surface area contributed by atoms with Crippen LogP contribution < -0.4 is 4.90 Å². The number of benzene rings is 1. The Morgan fingerprint density at radius 2 is 2.30 bits per heavy atom. The SMILES string of the molecule is N#Cc1ccc(N2CCO/C(=C\Cl)C2)c2cccnc12. The maximum atomic E-state index is 9.17. The molecule has 0 aliphatic carbocycles. The van der Waals surface area contributed by atoms with Crippen molar-refractivity contribution in [2.45, 2.75) is 0 Å². The van der Waals surface area contributed by atoms with Crippen LogP contribution in [0.3, 0.4) is 0 Å². The van der Waals surface area contributed by atoms with Crippen LogP contribution in [0.2, 0.25) is 0 Å². The van der Waals surface area contributed by atoms with Crippen molar-refractivity contribution in [2.24, 2.45) is 0 Å². The Hall–Kier alpha value is -2.25. The first-order chi connectivity index (χ1) is 9.83. The fourth-order valence-corrected chi connectivity index (χ4v) is 2.53. The first-order valence-electron chi connectivity index (χ1n) is 6.28. The highest BCUT2D eigenvalue weighted by molar-refractivity contribution is 6.25. The average Bonchev–Trinajstić information content (AvgIpc) is 2.54. The minimum Gasteiger partial charge on any atom is -0.493 e. The number of nitriles is 1. The summed E-state index contributed by atoms with van der Waals surface area (Å²) in [5, 5.41) is 10.1. The summed E-state index contributed by atoms with van der Waals surface area (Å²) in [6, 6.07) is 9.81. The lowest BCUT2D eigenvalue weighted by Crippen LogP contribution is -2.35. The molecule has 1 aromatic carbocycles. The number of nitrogens with zero attached hydrogens (tertiary/aromatic N) is 3. The summed E-state index contributed by atoms with van der Waals surface area (Å²) in [4.78, 5) is 6.51. The van der Waals surface area contributed by atoms with E-state index in [0.717, 1.165) is 28.9 Å². The van der Waals surface area contributed by atoms with Gasteiger partial charge < -0.3 is 9.64 Å². The fraction of sp³-hybridized carbons (Fsp3) is 0.200. The van der Waals surface area contributed by atoms with Crippen molar-refractivity contribution in [2.75, 3.05) is 24.6 Å². The van der Waals surface area contributed by atoms with Gasteiger partial charge in [-0.3, -0.25) is 4.98 Å². The molecule has 1 saturated heterocycles. The van der Waals surface area contributed by atoms with E-state index in [1.165, 1.54) is 5.54 Å². The Morgan fingerprint density at radius 1 is 1.40 bits per heavy atom. The molecule has 0 spiro atoms. The number of aromatic nitrogens is 1. The zero-order valence-electron chi connectivity index (χ0n) is 10.7. The number of rotatable bonds is 1. The predicted molar refractivity (Wildman–Crippen MR) is 78.6 cm³/mol. The van der Waals surface area contributed by atoms with Gasteiger partial charge in [0.05, 0.1) is 24.2 Å². The summed E-state index contributed by atoms with van der Waals surface area (Å²) < 4.78 is 5.46. The van der Waals surface area contributed by atoms with E-state index in [2.05, 4.69) is 16.0 Å². The molecule has 0 saturated carbocycles. The average molecular weight is 286 g/mol. The molecule has 4 nitrogen and oxygen atoms in total. The third-order valence-electron chi connectivity index (χ3n) is 3.32. The second kappa shape index (κ2) is 5.40. The highest BCUT2D eigenvalue weighted by atomic mass is 35.5. The van der Waals surface area contributed by atoms with Crippen molar-refractivity contribution in [1.29, 1.82) is 5.26 Å².